The second-order valence-corrected chi connectivity index (χ2v) is 4.77. The Morgan fingerprint density at radius 3 is 2.57 bits per heavy atom. The Labute approximate surface area is 122 Å². The van der Waals surface area contributed by atoms with E-state index in [1.54, 1.807) is 0 Å². The molecule has 0 aliphatic carbocycles. The monoisotopic (exact) mass is 277 g/mol. The molecule has 0 saturated heterocycles. The first-order chi connectivity index (χ1) is 10.2. The lowest BCUT2D eigenvalue weighted by atomic mass is 10.1. The molecule has 21 heavy (non-hydrogen) atoms. The quantitative estimate of drug-likeness (QED) is 0.569. The van der Waals surface area contributed by atoms with Crippen molar-refractivity contribution in [2.45, 2.75) is 6.92 Å². The van der Waals surface area contributed by atoms with Gasteiger partial charge in [-0.1, -0.05) is 36.4 Å². The van der Waals surface area contributed by atoms with E-state index in [4.69, 9.17) is 0 Å². The molecule has 1 heterocycles. The highest BCUT2D eigenvalue weighted by atomic mass is 16.1. The van der Waals surface area contributed by atoms with Gasteiger partial charge in [0, 0.05) is 5.52 Å². The number of fused-ring (bicyclic) bond motifs is 1. The summed E-state index contributed by atoms with van der Waals surface area (Å²) in [4.78, 5) is 15.0. The van der Waals surface area contributed by atoms with Crippen molar-refractivity contribution >= 4 is 22.3 Å². The van der Waals surface area contributed by atoms with Gasteiger partial charge < -0.3 is 4.98 Å². The highest BCUT2D eigenvalue weighted by molar-refractivity contribution is 6.01. The maximum absolute atomic E-state index is 12.1. The minimum Gasteiger partial charge on any atom is -0.321 e. The average Bonchev–Trinajstić information content (AvgIpc) is 2.53. The van der Waals surface area contributed by atoms with E-state index in [1.165, 1.54) is 0 Å². The summed E-state index contributed by atoms with van der Waals surface area (Å²) in [6.45, 7) is 1.81. The van der Waals surface area contributed by atoms with Gasteiger partial charge in [0.1, 0.15) is 0 Å². The number of aromatic amines is 1. The van der Waals surface area contributed by atoms with Crippen LogP contribution in [-0.2, 0) is 0 Å². The molecule has 4 nitrogen and oxygen atoms in total. The van der Waals surface area contributed by atoms with Gasteiger partial charge in [-0.15, -0.1) is 0 Å². The van der Waals surface area contributed by atoms with E-state index in [0.717, 1.165) is 16.6 Å². The number of H-pyrrole nitrogens is 1. The van der Waals surface area contributed by atoms with Gasteiger partial charge in [-0.05, 0) is 36.6 Å². The number of hydrogen-bond acceptors (Lipinski definition) is 3. The molecule has 0 radical (unpaired) electrons. The molecule has 2 aromatic carbocycles. The summed E-state index contributed by atoms with van der Waals surface area (Å²) < 4.78 is 0. The summed E-state index contributed by atoms with van der Waals surface area (Å²) >= 11 is 0. The molecule has 0 bridgehead atoms. The van der Waals surface area contributed by atoms with Crippen molar-refractivity contribution in [2.75, 3.05) is 5.43 Å². The lowest BCUT2D eigenvalue weighted by Gasteiger charge is -2.04. The van der Waals surface area contributed by atoms with E-state index in [2.05, 4.69) is 15.5 Å². The number of hydrazone groups is 1. The number of para-hydroxylation sites is 2. The second-order valence-electron chi connectivity index (χ2n) is 4.77. The topological polar surface area (TPSA) is 57.2 Å². The molecule has 3 rings (SSSR count). The molecule has 4 heteroatoms. The largest absolute Gasteiger partial charge is 0.321 e. The molecular formula is C17H15N3O. The summed E-state index contributed by atoms with van der Waals surface area (Å²) in [6, 6.07) is 19.2. The number of rotatable bonds is 3. The molecule has 3 aromatic rings. The van der Waals surface area contributed by atoms with Gasteiger partial charge in [-0.3, -0.25) is 10.2 Å². The smallest absolute Gasteiger partial charge is 0.257 e. The molecule has 0 saturated carbocycles. The van der Waals surface area contributed by atoms with Gasteiger partial charge in [0.05, 0.1) is 17.0 Å². The zero-order valence-corrected chi connectivity index (χ0v) is 11.6. The maximum atomic E-state index is 12.1. The molecule has 1 aromatic heterocycles. The van der Waals surface area contributed by atoms with Crippen molar-refractivity contribution in [1.82, 2.24) is 4.98 Å². The lowest BCUT2D eigenvalue weighted by molar-refractivity contribution is 1.26. The number of hydrogen-bond donors (Lipinski definition) is 2. The van der Waals surface area contributed by atoms with Crippen LogP contribution in [0.3, 0.4) is 0 Å². The van der Waals surface area contributed by atoms with Crippen LogP contribution in [-0.4, -0.2) is 10.7 Å². The van der Waals surface area contributed by atoms with E-state index < -0.39 is 0 Å². The predicted octanol–water partition coefficient (Wildman–Crippen LogP) is 3.36. The van der Waals surface area contributed by atoms with E-state index >= 15 is 0 Å². The van der Waals surface area contributed by atoms with Crippen LogP contribution in [0.25, 0.3) is 10.9 Å². The molecule has 0 aliphatic rings. The zero-order chi connectivity index (χ0) is 14.7. The Morgan fingerprint density at radius 2 is 1.76 bits per heavy atom. The first-order valence-corrected chi connectivity index (χ1v) is 6.72. The third-order valence-electron chi connectivity index (χ3n) is 3.27. The summed E-state index contributed by atoms with van der Waals surface area (Å²) in [5.41, 5.74) is 5.74. The number of anilines is 1. The molecule has 104 valence electrons. The Hall–Kier alpha value is -2.88. The van der Waals surface area contributed by atoms with Gasteiger partial charge in [-0.25, -0.2) is 0 Å². The van der Waals surface area contributed by atoms with Crippen molar-refractivity contribution in [3.63, 3.8) is 0 Å². The second kappa shape index (κ2) is 5.63. The van der Waals surface area contributed by atoms with E-state index in [0.29, 0.717) is 11.3 Å². The standard InChI is InChI=1S/C17H15N3O/c1-12(19-20-14-8-3-2-4-9-14)15-11-13-7-5-6-10-16(13)18-17(15)21/h2-11,20H,1H3,(H,18,21)/b19-12+. The molecular weight excluding hydrogens is 262 g/mol. The van der Waals surface area contributed by atoms with Crippen molar-refractivity contribution in [2.24, 2.45) is 5.10 Å². The van der Waals surface area contributed by atoms with Crippen molar-refractivity contribution in [3.05, 3.63) is 76.6 Å². The third-order valence-corrected chi connectivity index (χ3v) is 3.27. The summed E-state index contributed by atoms with van der Waals surface area (Å²) in [6.07, 6.45) is 0. The molecule has 0 atom stereocenters. The Bertz CT molecular complexity index is 851. The Morgan fingerprint density at radius 1 is 1.05 bits per heavy atom. The lowest BCUT2D eigenvalue weighted by Crippen LogP contribution is -2.17. The van der Waals surface area contributed by atoms with E-state index in [-0.39, 0.29) is 5.56 Å². The van der Waals surface area contributed by atoms with Crippen LogP contribution in [0.15, 0.2) is 70.6 Å². The SMILES string of the molecule is C/C(=N\Nc1ccccc1)c1cc2ccccc2[nH]c1=O. The normalized spacial score (nSPS) is 11.6. The van der Waals surface area contributed by atoms with Crippen LogP contribution >= 0.6 is 0 Å². The third kappa shape index (κ3) is 2.84. The molecule has 0 aliphatic heterocycles. The highest BCUT2D eigenvalue weighted by Gasteiger charge is 2.05. The molecule has 0 amide bonds. The number of benzene rings is 2. The first-order valence-electron chi connectivity index (χ1n) is 6.72. The summed E-state index contributed by atoms with van der Waals surface area (Å²) in [7, 11) is 0. The van der Waals surface area contributed by atoms with Crippen molar-refractivity contribution < 1.29 is 0 Å². The fraction of sp³-hybridized carbons (Fsp3) is 0.0588. The molecule has 0 fully saturated rings. The van der Waals surface area contributed by atoms with Crippen molar-refractivity contribution in [3.8, 4) is 0 Å². The summed E-state index contributed by atoms with van der Waals surface area (Å²) in [5.74, 6) is 0. The minimum atomic E-state index is -0.134. The van der Waals surface area contributed by atoms with Crippen LogP contribution in [0.1, 0.15) is 12.5 Å². The molecule has 2 N–H and O–H groups in total. The van der Waals surface area contributed by atoms with Gasteiger partial charge >= 0.3 is 0 Å². The average molecular weight is 277 g/mol. The molecule has 0 unspecified atom stereocenters. The zero-order valence-electron chi connectivity index (χ0n) is 11.6. The van der Waals surface area contributed by atoms with Crippen LogP contribution < -0.4 is 11.0 Å². The number of aromatic nitrogens is 1. The van der Waals surface area contributed by atoms with Gasteiger partial charge in [0.15, 0.2) is 0 Å². The minimum absolute atomic E-state index is 0.134. The molecule has 0 spiro atoms. The first kappa shape index (κ1) is 13.1. The highest BCUT2D eigenvalue weighted by Crippen LogP contribution is 2.11. The number of nitrogens with one attached hydrogen (secondary N) is 2. The fourth-order valence-corrected chi connectivity index (χ4v) is 2.14. The van der Waals surface area contributed by atoms with Crippen LogP contribution in [0.5, 0.6) is 0 Å². The maximum Gasteiger partial charge on any atom is 0.257 e. The predicted molar refractivity (Wildman–Crippen MR) is 86.8 cm³/mol. The van der Waals surface area contributed by atoms with E-state index in [9.17, 15) is 4.79 Å². The number of nitrogens with zero attached hydrogens (tertiary/aromatic N) is 1. The van der Waals surface area contributed by atoms with Crippen LogP contribution in [0, 0.1) is 0 Å². The summed E-state index contributed by atoms with van der Waals surface area (Å²) in [5, 5.41) is 5.27. The van der Waals surface area contributed by atoms with E-state index in [1.807, 2.05) is 67.6 Å². The van der Waals surface area contributed by atoms with Crippen LogP contribution in [0.2, 0.25) is 0 Å². The van der Waals surface area contributed by atoms with Crippen LogP contribution in [0.4, 0.5) is 5.69 Å². The Kier molecular flexibility index (Phi) is 3.51. The number of pyridine rings is 1. The van der Waals surface area contributed by atoms with Gasteiger partial charge in [0.25, 0.3) is 5.56 Å². The fourth-order valence-electron chi connectivity index (χ4n) is 2.14. The van der Waals surface area contributed by atoms with Gasteiger partial charge in [0.2, 0.25) is 0 Å². The Balaban J connectivity index is 1.95. The van der Waals surface area contributed by atoms with Crippen molar-refractivity contribution in [1.29, 1.82) is 0 Å². The van der Waals surface area contributed by atoms with Gasteiger partial charge in [-0.2, -0.15) is 5.10 Å².